The number of nitrogens with one attached hydrogen (secondary N) is 1. The van der Waals surface area contributed by atoms with Gasteiger partial charge in [0.15, 0.2) is 0 Å². The molecule has 2 rings (SSSR count). The van der Waals surface area contributed by atoms with Crippen LogP contribution in [-0.2, 0) is 16.1 Å². The van der Waals surface area contributed by atoms with Crippen LogP contribution in [0.2, 0.25) is 0 Å². The van der Waals surface area contributed by atoms with E-state index in [0.717, 1.165) is 12.0 Å². The van der Waals surface area contributed by atoms with Gasteiger partial charge in [0.1, 0.15) is 6.54 Å². The summed E-state index contributed by atoms with van der Waals surface area (Å²) in [6.07, 6.45) is 2.22. The number of hydrogen-bond acceptors (Lipinski definition) is 4. The van der Waals surface area contributed by atoms with Gasteiger partial charge in [-0.2, -0.15) is 0 Å². The van der Waals surface area contributed by atoms with Gasteiger partial charge in [-0.05, 0) is 43.2 Å². The zero-order valence-electron chi connectivity index (χ0n) is 16.6. The van der Waals surface area contributed by atoms with Crippen molar-refractivity contribution in [2.24, 2.45) is 0 Å². The van der Waals surface area contributed by atoms with E-state index in [1.165, 1.54) is 15.5 Å². The molecule has 1 aromatic carbocycles. The predicted octanol–water partition coefficient (Wildman–Crippen LogP) is 2.12. The fraction of sp³-hybridized carbons (Fsp3) is 0.333. The van der Waals surface area contributed by atoms with E-state index in [2.05, 4.69) is 5.32 Å². The summed E-state index contributed by atoms with van der Waals surface area (Å²) in [6.45, 7) is 4.25. The van der Waals surface area contributed by atoms with E-state index in [9.17, 15) is 19.2 Å². The van der Waals surface area contributed by atoms with E-state index >= 15 is 0 Å². The van der Waals surface area contributed by atoms with Crippen molar-refractivity contribution in [1.82, 2.24) is 9.47 Å². The minimum absolute atomic E-state index is 0.110. The summed E-state index contributed by atoms with van der Waals surface area (Å²) in [5.74, 6) is -1.56. The number of carbonyl (C=O) groups excluding carboxylic acids is 2. The number of rotatable bonds is 9. The Labute approximate surface area is 168 Å². The van der Waals surface area contributed by atoms with Crippen LogP contribution < -0.4 is 10.9 Å². The second kappa shape index (κ2) is 10.2. The monoisotopic (exact) mass is 399 g/mol. The van der Waals surface area contributed by atoms with Crippen molar-refractivity contribution in [2.75, 3.05) is 18.4 Å². The molecule has 8 heteroatoms. The molecule has 0 saturated carbocycles. The molecule has 0 unspecified atom stereocenters. The summed E-state index contributed by atoms with van der Waals surface area (Å²) in [5, 5.41) is 11.5. The molecule has 2 N–H and O–H groups in total. The Bertz CT molecular complexity index is 934. The number of amides is 2. The highest BCUT2D eigenvalue weighted by Crippen LogP contribution is 2.13. The van der Waals surface area contributed by atoms with Crippen LogP contribution in [-0.4, -0.2) is 45.4 Å². The molecule has 2 amide bonds. The molecule has 154 valence electrons. The van der Waals surface area contributed by atoms with Gasteiger partial charge in [-0.3, -0.25) is 19.2 Å². The smallest absolute Gasteiger partial charge is 0.305 e. The first-order valence-electron chi connectivity index (χ1n) is 9.38. The first-order valence-corrected chi connectivity index (χ1v) is 9.38. The van der Waals surface area contributed by atoms with E-state index in [1.54, 1.807) is 36.5 Å². The lowest BCUT2D eigenvalue weighted by Gasteiger charge is -2.21. The summed E-state index contributed by atoms with van der Waals surface area (Å²) in [4.78, 5) is 48.9. The Morgan fingerprint density at radius 2 is 1.76 bits per heavy atom. The third-order valence-corrected chi connectivity index (χ3v) is 4.24. The summed E-state index contributed by atoms with van der Waals surface area (Å²) in [7, 11) is 0. The summed E-state index contributed by atoms with van der Waals surface area (Å²) in [6, 6.07) is 9.47. The number of hydrogen-bond donors (Lipinski definition) is 2. The molecule has 0 atom stereocenters. The highest BCUT2D eigenvalue weighted by molar-refractivity contribution is 5.96. The SMILES string of the molecule is CCCN(CCC(=O)O)C(=O)c1ccc(NC(=O)Cn2cc(C)ccc2=O)cc1. The van der Waals surface area contributed by atoms with Crippen LogP contribution in [0.5, 0.6) is 0 Å². The van der Waals surface area contributed by atoms with Crippen molar-refractivity contribution in [2.45, 2.75) is 33.2 Å². The van der Waals surface area contributed by atoms with Crippen LogP contribution >= 0.6 is 0 Å². The van der Waals surface area contributed by atoms with E-state index in [-0.39, 0.29) is 36.9 Å². The maximum Gasteiger partial charge on any atom is 0.305 e. The topological polar surface area (TPSA) is 109 Å². The number of carboxylic acid groups (broad SMARTS) is 1. The summed E-state index contributed by atoms with van der Waals surface area (Å²) in [5.41, 5.74) is 1.53. The number of carboxylic acids is 1. The number of aliphatic carboxylic acids is 1. The summed E-state index contributed by atoms with van der Waals surface area (Å²) < 4.78 is 1.33. The predicted molar refractivity (Wildman–Crippen MR) is 109 cm³/mol. The molecule has 0 aliphatic rings. The van der Waals surface area contributed by atoms with Crippen molar-refractivity contribution >= 4 is 23.5 Å². The van der Waals surface area contributed by atoms with Crippen molar-refractivity contribution in [1.29, 1.82) is 0 Å². The molecular weight excluding hydrogens is 374 g/mol. The molecule has 29 heavy (non-hydrogen) atoms. The van der Waals surface area contributed by atoms with E-state index in [0.29, 0.717) is 17.8 Å². The lowest BCUT2D eigenvalue weighted by atomic mass is 10.1. The van der Waals surface area contributed by atoms with Crippen LogP contribution in [0, 0.1) is 6.92 Å². The minimum atomic E-state index is -0.954. The van der Waals surface area contributed by atoms with Gasteiger partial charge in [0.2, 0.25) is 5.91 Å². The molecule has 0 fully saturated rings. The molecule has 0 saturated heterocycles. The first-order chi connectivity index (χ1) is 13.8. The zero-order valence-corrected chi connectivity index (χ0v) is 16.6. The fourth-order valence-electron chi connectivity index (χ4n) is 2.82. The number of aryl methyl sites for hydroxylation is 1. The van der Waals surface area contributed by atoms with E-state index in [1.807, 2.05) is 13.8 Å². The third-order valence-electron chi connectivity index (χ3n) is 4.24. The molecule has 1 heterocycles. The van der Waals surface area contributed by atoms with Gasteiger partial charge in [-0.1, -0.05) is 13.0 Å². The van der Waals surface area contributed by atoms with Gasteiger partial charge in [-0.25, -0.2) is 0 Å². The van der Waals surface area contributed by atoms with Gasteiger partial charge in [0.05, 0.1) is 6.42 Å². The van der Waals surface area contributed by atoms with Crippen LogP contribution in [0.1, 0.15) is 35.7 Å². The molecule has 2 aromatic rings. The molecule has 0 radical (unpaired) electrons. The van der Waals surface area contributed by atoms with Gasteiger partial charge in [0.25, 0.3) is 11.5 Å². The molecule has 8 nitrogen and oxygen atoms in total. The van der Waals surface area contributed by atoms with Gasteiger partial charge in [0, 0.05) is 36.6 Å². The second-order valence-corrected chi connectivity index (χ2v) is 6.73. The van der Waals surface area contributed by atoms with Crippen LogP contribution in [0.4, 0.5) is 5.69 Å². The van der Waals surface area contributed by atoms with Crippen molar-refractivity contribution in [3.8, 4) is 0 Å². The minimum Gasteiger partial charge on any atom is -0.481 e. The zero-order chi connectivity index (χ0) is 21.4. The van der Waals surface area contributed by atoms with Crippen LogP contribution in [0.25, 0.3) is 0 Å². The number of carbonyl (C=O) groups is 3. The van der Waals surface area contributed by atoms with Crippen molar-refractivity contribution in [3.05, 3.63) is 64.1 Å². The molecule has 0 bridgehead atoms. The standard InChI is InChI=1S/C21H25N3O5/c1-3-11-23(12-10-20(27)28)21(29)16-5-7-17(8-6-16)22-18(25)14-24-13-15(2)4-9-19(24)26/h4-9,13H,3,10-12,14H2,1-2H3,(H,22,25)(H,27,28). The summed E-state index contributed by atoms with van der Waals surface area (Å²) >= 11 is 0. The van der Waals surface area contributed by atoms with Crippen LogP contribution in [0.15, 0.2) is 47.4 Å². The fourth-order valence-corrected chi connectivity index (χ4v) is 2.82. The Morgan fingerprint density at radius 1 is 1.07 bits per heavy atom. The molecule has 0 aliphatic carbocycles. The molecule has 1 aromatic heterocycles. The van der Waals surface area contributed by atoms with Gasteiger partial charge >= 0.3 is 5.97 Å². The number of benzene rings is 1. The molecular formula is C21H25N3O5. The number of aromatic nitrogens is 1. The Balaban J connectivity index is 2.02. The third kappa shape index (κ3) is 6.60. The normalized spacial score (nSPS) is 10.4. The van der Waals surface area contributed by atoms with E-state index in [4.69, 9.17) is 5.11 Å². The van der Waals surface area contributed by atoms with Gasteiger partial charge < -0.3 is 19.9 Å². The van der Waals surface area contributed by atoms with Crippen LogP contribution in [0.3, 0.4) is 0 Å². The maximum absolute atomic E-state index is 12.6. The van der Waals surface area contributed by atoms with Crippen molar-refractivity contribution < 1.29 is 19.5 Å². The Morgan fingerprint density at radius 3 is 2.38 bits per heavy atom. The van der Waals surface area contributed by atoms with Crippen molar-refractivity contribution in [3.63, 3.8) is 0 Å². The van der Waals surface area contributed by atoms with E-state index < -0.39 is 5.97 Å². The average molecular weight is 399 g/mol. The largest absolute Gasteiger partial charge is 0.481 e. The average Bonchev–Trinajstić information content (AvgIpc) is 2.68. The lowest BCUT2D eigenvalue weighted by Crippen LogP contribution is -2.33. The Kier molecular flexibility index (Phi) is 7.70. The number of pyridine rings is 1. The number of nitrogens with zero attached hydrogens (tertiary/aromatic N) is 2. The quantitative estimate of drug-likeness (QED) is 0.671. The molecule has 0 spiro atoms. The second-order valence-electron chi connectivity index (χ2n) is 6.73. The molecule has 0 aliphatic heterocycles. The first kappa shape index (κ1) is 21.9. The van der Waals surface area contributed by atoms with Gasteiger partial charge in [-0.15, -0.1) is 0 Å². The maximum atomic E-state index is 12.6. The number of anilines is 1. The Hall–Kier alpha value is -3.42. The highest BCUT2D eigenvalue weighted by atomic mass is 16.4. The lowest BCUT2D eigenvalue weighted by molar-refractivity contribution is -0.137. The highest BCUT2D eigenvalue weighted by Gasteiger charge is 2.16.